The van der Waals surface area contributed by atoms with E-state index >= 15 is 0 Å². The summed E-state index contributed by atoms with van der Waals surface area (Å²) in [4.78, 5) is 0. The summed E-state index contributed by atoms with van der Waals surface area (Å²) in [7, 11) is 2.06. The molecule has 2 aromatic rings. The van der Waals surface area contributed by atoms with E-state index in [1.165, 1.54) is 30.2 Å². The van der Waals surface area contributed by atoms with E-state index in [2.05, 4.69) is 30.6 Å². The first-order chi connectivity index (χ1) is 10.3. The molecule has 2 aliphatic carbocycles. The van der Waals surface area contributed by atoms with E-state index in [-0.39, 0.29) is 5.82 Å². The third-order valence-electron chi connectivity index (χ3n) is 5.74. The molecule has 1 nitrogen and oxygen atoms in total. The molecule has 0 amide bonds. The largest absolute Gasteiger partial charge is 0.319 e. The summed E-state index contributed by atoms with van der Waals surface area (Å²) in [6, 6.07) is 11.7. The highest BCUT2D eigenvalue weighted by atomic mass is 19.1. The first kappa shape index (κ1) is 13.3. The molecule has 2 saturated carbocycles. The van der Waals surface area contributed by atoms with Gasteiger partial charge in [0, 0.05) is 0 Å². The highest BCUT2D eigenvalue weighted by molar-refractivity contribution is 5.83. The minimum Gasteiger partial charge on any atom is -0.319 e. The number of halogens is 1. The van der Waals surface area contributed by atoms with E-state index in [0.717, 1.165) is 29.7 Å². The van der Waals surface area contributed by atoms with Gasteiger partial charge in [0.2, 0.25) is 0 Å². The minimum atomic E-state index is -0.150. The lowest BCUT2D eigenvalue weighted by Gasteiger charge is -2.31. The van der Waals surface area contributed by atoms with Crippen LogP contribution in [0.3, 0.4) is 0 Å². The topological polar surface area (TPSA) is 12.0 Å². The Labute approximate surface area is 125 Å². The number of rotatable bonds is 3. The maximum atomic E-state index is 13.3. The third kappa shape index (κ3) is 2.17. The summed E-state index contributed by atoms with van der Waals surface area (Å²) in [5.74, 6) is 3.06. The molecule has 2 bridgehead atoms. The van der Waals surface area contributed by atoms with Crippen molar-refractivity contribution in [2.75, 3.05) is 13.6 Å². The van der Waals surface area contributed by atoms with Gasteiger partial charge in [0.1, 0.15) is 5.82 Å². The number of fused-ring (bicyclic) bond motifs is 3. The molecular formula is C19H22FN. The van der Waals surface area contributed by atoms with Crippen LogP contribution in [-0.4, -0.2) is 13.6 Å². The van der Waals surface area contributed by atoms with Crippen LogP contribution in [0.1, 0.15) is 30.7 Å². The predicted molar refractivity (Wildman–Crippen MR) is 84.9 cm³/mol. The molecule has 4 atom stereocenters. The van der Waals surface area contributed by atoms with Crippen LogP contribution >= 0.6 is 0 Å². The van der Waals surface area contributed by atoms with Gasteiger partial charge in [-0.05, 0) is 85.0 Å². The van der Waals surface area contributed by atoms with Crippen LogP contribution in [0.5, 0.6) is 0 Å². The fourth-order valence-corrected chi connectivity index (χ4v) is 4.90. The van der Waals surface area contributed by atoms with E-state index in [0.29, 0.717) is 5.92 Å². The summed E-state index contributed by atoms with van der Waals surface area (Å²) in [6.07, 6.45) is 4.20. The van der Waals surface area contributed by atoms with Gasteiger partial charge in [-0.3, -0.25) is 0 Å². The van der Waals surface area contributed by atoms with Crippen molar-refractivity contribution in [1.29, 1.82) is 0 Å². The number of nitrogens with one attached hydrogen (secondary N) is 1. The van der Waals surface area contributed by atoms with Crippen molar-refractivity contribution in [2.45, 2.75) is 25.2 Å². The van der Waals surface area contributed by atoms with Crippen LogP contribution in [0, 0.1) is 23.6 Å². The molecule has 0 radical (unpaired) electrons. The Morgan fingerprint density at radius 1 is 1.05 bits per heavy atom. The first-order valence-electron chi connectivity index (χ1n) is 8.10. The summed E-state index contributed by atoms with van der Waals surface area (Å²) in [6.45, 7) is 1.12. The molecule has 21 heavy (non-hydrogen) atoms. The Morgan fingerprint density at radius 3 is 2.67 bits per heavy atom. The maximum absolute atomic E-state index is 13.3. The van der Waals surface area contributed by atoms with Crippen LogP contribution in [-0.2, 0) is 0 Å². The van der Waals surface area contributed by atoms with Crippen LogP contribution in [0.4, 0.5) is 4.39 Å². The molecule has 110 valence electrons. The lowest BCUT2D eigenvalue weighted by molar-refractivity contribution is 0.282. The van der Waals surface area contributed by atoms with E-state index in [9.17, 15) is 4.39 Å². The Morgan fingerprint density at radius 2 is 1.81 bits per heavy atom. The normalized spacial score (nSPS) is 31.1. The standard InChI is InChI=1S/C19H22FN/c1-21-11-18-14-3-5-16(9-14)19(18)15-4-2-13-10-17(20)7-6-12(13)8-15/h2,4,6-8,10,14,16,18-19,21H,3,5,9,11H2,1H3/t14-,16+,18-,19-/m0/s1. The Bertz CT molecular complexity index is 666. The van der Waals surface area contributed by atoms with E-state index < -0.39 is 0 Å². The van der Waals surface area contributed by atoms with Crippen molar-refractivity contribution in [3.63, 3.8) is 0 Å². The van der Waals surface area contributed by atoms with Crippen molar-refractivity contribution in [2.24, 2.45) is 17.8 Å². The Balaban J connectivity index is 1.73. The Kier molecular flexibility index (Phi) is 3.22. The van der Waals surface area contributed by atoms with Gasteiger partial charge >= 0.3 is 0 Å². The molecule has 0 spiro atoms. The average Bonchev–Trinajstić information content (AvgIpc) is 3.08. The van der Waals surface area contributed by atoms with Crippen LogP contribution < -0.4 is 5.32 Å². The molecule has 0 saturated heterocycles. The SMILES string of the molecule is CNC[C@H]1[C@H]2CC[C@H](C2)[C@@H]1c1ccc2cc(F)ccc2c1. The lowest BCUT2D eigenvalue weighted by atomic mass is 9.75. The zero-order chi connectivity index (χ0) is 14.4. The van der Waals surface area contributed by atoms with Crippen molar-refractivity contribution in [1.82, 2.24) is 5.32 Å². The number of hydrogen-bond acceptors (Lipinski definition) is 1. The van der Waals surface area contributed by atoms with E-state index in [1.54, 1.807) is 12.1 Å². The second-order valence-electron chi connectivity index (χ2n) is 6.83. The summed E-state index contributed by atoms with van der Waals surface area (Å²) in [5.41, 5.74) is 1.46. The van der Waals surface area contributed by atoms with Crippen LogP contribution in [0.25, 0.3) is 10.8 Å². The molecule has 2 fully saturated rings. The molecule has 0 aromatic heterocycles. The quantitative estimate of drug-likeness (QED) is 0.884. The highest BCUT2D eigenvalue weighted by Crippen LogP contribution is 2.56. The fourth-order valence-electron chi connectivity index (χ4n) is 4.90. The summed E-state index contributed by atoms with van der Waals surface area (Å²) < 4.78 is 13.3. The molecule has 2 heteroatoms. The second kappa shape index (κ2) is 5.10. The number of benzene rings is 2. The van der Waals surface area contributed by atoms with Gasteiger partial charge in [-0.2, -0.15) is 0 Å². The van der Waals surface area contributed by atoms with Gasteiger partial charge in [-0.1, -0.05) is 24.3 Å². The molecular weight excluding hydrogens is 261 g/mol. The number of hydrogen-bond donors (Lipinski definition) is 1. The van der Waals surface area contributed by atoms with Crippen molar-refractivity contribution >= 4 is 10.8 Å². The third-order valence-corrected chi connectivity index (χ3v) is 5.74. The molecule has 0 aliphatic heterocycles. The molecule has 2 aromatic carbocycles. The minimum absolute atomic E-state index is 0.150. The fraction of sp³-hybridized carbons (Fsp3) is 0.474. The smallest absolute Gasteiger partial charge is 0.123 e. The van der Waals surface area contributed by atoms with E-state index in [4.69, 9.17) is 0 Å². The molecule has 4 rings (SSSR count). The van der Waals surface area contributed by atoms with Gasteiger partial charge < -0.3 is 5.32 Å². The lowest BCUT2D eigenvalue weighted by Crippen LogP contribution is -2.29. The summed E-state index contributed by atoms with van der Waals surface area (Å²) >= 11 is 0. The monoisotopic (exact) mass is 283 g/mol. The van der Waals surface area contributed by atoms with Gasteiger partial charge in [-0.25, -0.2) is 4.39 Å². The van der Waals surface area contributed by atoms with Crippen LogP contribution in [0.2, 0.25) is 0 Å². The average molecular weight is 283 g/mol. The van der Waals surface area contributed by atoms with Crippen molar-refractivity contribution < 1.29 is 4.39 Å². The maximum Gasteiger partial charge on any atom is 0.123 e. The van der Waals surface area contributed by atoms with Crippen molar-refractivity contribution in [3.05, 3.63) is 47.8 Å². The van der Waals surface area contributed by atoms with Gasteiger partial charge in [0.15, 0.2) is 0 Å². The predicted octanol–water partition coefficient (Wildman–Crippen LogP) is 4.33. The van der Waals surface area contributed by atoms with Crippen LogP contribution in [0.15, 0.2) is 36.4 Å². The van der Waals surface area contributed by atoms with Crippen molar-refractivity contribution in [3.8, 4) is 0 Å². The molecule has 0 heterocycles. The molecule has 2 aliphatic rings. The second-order valence-corrected chi connectivity index (χ2v) is 6.83. The molecule has 0 unspecified atom stereocenters. The zero-order valence-corrected chi connectivity index (χ0v) is 12.5. The first-order valence-corrected chi connectivity index (χ1v) is 8.10. The Hall–Kier alpha value is -1.41. The zero-order valence-electron chi connectivity index (χ0n) is 12.5. The summed E-state index contributed by atoms with van der Waals surface area (Å²) in [5, 5.41) is 5.56. The highest BCUT2D eigenvalue weighted by Gasteiger charge is 2.47. The molecule has 1 N–H and O–H groups in total. The van der Waals surface area contributed by atoms with Gasteiger partial charge in [0.05, 0.1) is 0 Å². The van der Waals surface area contributed by atoms with E-state index in [1.807, 2.05) is 6.07 Å². The van der Waals surface area contributed by atoms with Gasteiger partial charge in [-0.15, -0.1) is 0 Å². The van der Waals surface area contributed by atoms with Gasteiger partial charge in [0.25, 0.3) is 0 Å².